The molecule has 8 heteroatoms. The number of anilines is 1. The number of rotatable bonds is 2. The molecule has 108 valence electrons. The van der Waals surface area contributed by atoms with Gasteiger partial charge in [0.1, 0.15) is 16.4 Å². The molecule has 0 saturated heterocycles. The fraction of sp³-hybridized carbons (Fsp3) is 0.417. The van der Waals surface area contributed by atoms with Crippen LogP contribution in [0.1, 0.15) is 20.8 Å². The molecule has 0 aliphatic heterocycles. The molecule has 0 atom stereocenters. The summed E-state index contributed by atoms with van der Waals surface area (Å²) < 4.78 is 6.88. The molecule has 2 heterocycles. The van der Waals surface area contributed by atoms with Crippen molar-refractivity contribution in [2.75, 3.05) is 5.32 Å². The Hall–Kier alpha value is -1.60. The average Bonchev–Trinajstić information content (AvgIpc) is 2.85. The fourth-order valence-corrected chi connectivity index (χ4v) is 2.26. The summed E-state index contributed by atoms with van der Waals surface area (Å²) in [5, 5.41) is 5.36. The number of ether oxygens (including phenoxy) is 1. The highest BCUT2D eigenvalue weighted by molar-refractivity contribution is 7.14. The monoisotopic (exact) mass is 314 g/mol. The van der Waals surface area contributed by atoms with Gasteiger partial charge < -0.3 is 9.30 Å². The van der Waals surface area contributed by atoms with Gasteiger partial charge in [-0.3, -0.25) is 5.32 Å². The molecule has 0 saturated carbocycles. The summed E-state index contributed by atoms with van der Waals surface area (Å²) >= 11 is 7.23. The highest BCUT2D eigenvalue weighted by atomic mass is 35.5. The van der Waals surface area contributed by atoms with Gasteiger partial charge in [0.2, 0.25) is 0 Å². The predicted octanol–water partition coefficient (Wildman–Crippen LogP) is 3.54. The van der Waals surface area contributed by atoms with Crippen LogP contribution in [-0.2, 0) is 11.8 Å². The van der Waals surface area contributed by atoms with Crippen LogP contribution < -0.4 is 5.32 Å². The third-order valence-electron chi connectivity index (χ3n) is 2.27. The Kier molecular flexibility index (Phi) is 4.01. The first kappa shape index (κ1) is 14.8. The van der Waals surface area contributed by atoms with Crippen LogP contribution in [0.15, 0.2) is 11.6 Å². The Labute approximate surface area is 125 Å². The minimum absolute atomic E-state index is 0.452. The largest absolute Gasteiger partial charge is 0.444 e. The van der Waals surface area contributed by atoms with Crippen LogP contribution in [0.2, 0.25) is 5.15 Å². The molecule has 1 N–H and O–H groups in total. The number of thiazole rings is 1. The van der Waals surface area contributed by atoms with Crippen molar-refractivity contribution in [3.8, 4) is 11.5 Å². The lowest BCUT2D eigenvalue weighted by molar-refractivity contribution is 0.0636. The van der Waals surface area contributed by atoms with Gasteiger partial charge in [-0.25, -0.2) is 14.8 Å². The Bertz CT molecular complexity index is 630. The number of imidazole rings is 1. The summed E-state index contributed by atoms with van der Waals surface area (Å²) in [6, 6.07) is 0. The first-order valence-corrected chi connectivity index (χ1v) is 7.15. The van der Waals surface area contributed by atoms with Crippen LogP contribution >= 0.6 is 22.9 Å². The van der Waals surface area contributed by atoms with Crippen molar-refractivity contribution in [3.63, 3.8) is 0 Å². The molecular weight excluding hydrogens is 300 g/mol. The van der Waals surface area contributed by atoms with E-state index in [-0.39, 0.29) is 0 Å². The summed E-state index contributed by atoms with van der Waals surface area (Å²) in [7, 11) is 1.80. The van der Waals surface area contributed by atoms with Crippen LogP contribution in [0, 0.1) is 0 Å². The zero-order valence-electron chi connectivity index (χ0n) is 11.6. The zero-order valence-corrected chi connectivity index (χ0v) is 13.2. The Balaban J connectivity index is 2.10. The lowest BCUT2D eigenvalue weighted by Crippen LogP contribution is -2.27. The second-order valence-electron chi connectivity index (χ2n) is 5.13. The van der Waals surface area contributed by atoms with E-state index < -0.39 is 11.7 Å². The fourth-order valence-electron chi connectivity index (χ4n) is 1.45. The van der Waals surface area contributed by atoms with Crippen molar-refractivity contribution in [1.29, 1.82) is 0 Å². The molecule has 2 aromatic heterocycles. The maximum Gasteiger partial charge on any atom is 0.413 e. The lowest BCUT2D eigenvalue weighted by atomic mass is 10.2. The third kappa shape index (κ3) is 3.49. The van der Waals surface area contributed by atoms with E-state index in [1.807, 2.05) is 0 Å². The van der Waals surface area contributed by atoms with Gasteiger partial charge in [0.15, 0.2) is 11.0 Å². The standard InChI is InChI=1S/C12H15ClN4O2S/c1-12(2,3)19-11(18)16-10-15-7(6-20-10)9-14-5-8(13)17(9)4/h5-6H,1-4H3,(H,15,16,18). The van der Waals surface area contributed by atoms with Crippen molar-refractivity contribution in [3.05, 3.63) is 16.7 Å². The predicted molar refractivity (Wildman–Crippen MR) is 79.2 cm³/mol. The van der Waals surface area contributed by atoms with Crippen molar-refractivity contribution in [2.24, 2.45) is 7.05 Å². The number of amides is 1. The van der Waals surface area contributed by atoms with Crippen molar-refractivity contribution < 1.29 is 9.53 Å². The quantitative estimate of drug-likeness (QED) is 0.920. The van der Waals surface area contributed by atoms with Gasteiger partial charge in [0.05, 0.1) is 6.20 Å². The Morgan fingerprint density at radius 2 is 2.20 bits per heavy atom. The van der Waals surface area contributed by atoms with Crippen LogP contribution in [0.5, 0.6) is 0 Å². The van der Waals surface area contributed by atoms with Gasteiger partial charge in [-0.1, -0.05) is 11.6 Å². The van der Waals surface area contributed by atoms with Crippen molar-refractivity contribution in [1.82, 2.24) is 14.5 Å². The SMILES string of the molecule is Cn1c(Cl)cnc1-c1csc(NC(=O)OC(C)(C)C)n1. The Morgan fingerprint density at radius 3 is 2.75 bits per heavy atom. The van der Waals surface area contributed by atoms with Crippen LogP contribution in [-0.4, -0.2) is 26.2 Å². The van der Waals surface area contributed by atoms with Gasteiger partial charge in [0.25, 0.3) is 0 Å². The van der Waals surface area contributed by atoms with E-state index in [2.05, 4.69) is 15.3 Å². The molecule has 6 nitrogen and oxygen atoms in total. The molecule has 0 spiro atoms. The number of nitrogens with zero attached hydrogens (tertiary/aromatic N) is 3. The second-order valence-corrected chi connectivity index (χ2v) is 6.37. The van der Waals surface area contributed by atoms with E-state index >= 15 is 0 Å². The summed E-state index contributed by atoms with van der Waals surface area (Å²) in [5.74, 6) is 0.642. The van der Waals surface area contributed by atoms with Gasteiger partial charge in [-0.05, 0) is 20.8 Å². The van der Waals surface area contributed by atoms with E-state index in [0.29, 0.717) is 21.8 Å². The molecule has 0 aromatic carbocycles. The molecule has 0 unspecified atom stereocenters. The molecule has 20 heavy (non-hydrogen) atoms. The molecule has 2 aromatic rings. The molecule has 0 bridgehead atoms. The maximum atomic E-state index is 11.6. The molecular formula is C12H15ClN4O2S. The average molecular weight is 315 g/mol. The summed E-state index contributed by atoms with van der Waals surface area (Å²) in [6.07, 6.45) is 1.02. The molecule has 0 fully saturated rings. The molecule has 0 aliphatic rings. The minimum atomic E-state index is -0.544. The summed E-state index contributed by atoms with van der Waals surface area (Å²) in [5.41, 5.74) is 0.104. The molecule has 2 rings (SSSR count). The zero-order chi connectivity index (χ0) is 14.9. The third-order valence-corrected chi connectivity index (χ3v) is 3.38. The van der Waals surface area contributed by atoms with Gasteiger partial charge in [0, 0.05) is 12.4 Å². The normalized spacial score (nSPS) is 11.4. The topological polar surface area (TPSA) is 69.0 Å². The number of hydrogen-bond donors (Lipinski definition) is 1. The Morgan fingerprint density at radius 1 is 1.50 bits per heavy atom. The first-order chi connectivity index (χ1) is 9.26. The number of carbonyl (C=O) groups is 1. The number of halogens is 1. The van der Waals surface area contributed by atoms with Crippen LogP contribution in [0.4, 0.5) is 9.93 Å². The second kappa shape index (κ2) is 5.41. The highest BCUT2D eigenvalue weighted by Crippen LogP contribution is 2.25. The maximum absolute atomic E-state index is 11.6. The number of nitrogens with one attached hydrogen (secondary N) is 1. The lowest BCUT2D eigenvalue weighted by Gasteiger charge is -2.18. The van der Waals surface area contributed by atoms with E-state index in [4.69, 9.17) is 16.3 Å². The van der Waals surface area contributed by atoms with Crippen LogP contribution in [0.3, 0.4) is 0 Å². The highest BCUT2D eigenvalue weighted by Gasteiger charge is 2.18. The molecule has 0 aliphatic carbocycles. The molecule has 1 amide bonds. The number of aromatic nitrogens is 3. The minimum Gasteiger partial charge on any atom is -0.444 e. The smallest absolute Gasteiger partial charge is 0.413 e. The molecule has 0 radical (unpaired) electrons. The van der Waals surface area contributed by atoms with E-state index in [9.17, 15) is 4.79 Å². The number of carbonyl (C=O) groups excluding carboxylic acids is 1. The van der Waals surface area contributed by atoms with E-state index in [1.54, 1.807) is 44.0 Å². The summed E-state index contributed by atoms with van der Waals surface area (Å²) in [6.45, 7) is 5.40. The van der Waals surface area contributed by atoms with Crippen molar-refractivity contribution in [2.45, 2.75) is 26.4 Å². The van der Waals surface area contributed by atoms with Crippen LogP contribution in [0.25, 0.3) is 11.5 Å². The van der Waals surface area contributed by atoms with Gasteiger partial charge in [-0.2, -0.15) is 0 Å². The van der Waals surface area contributed by atoms with Gasteiger partial charge >= 0.3 is 6.09 Å². The first-order valence-electron chi connectivity index (χ1n) is 5.89. The van der Waals surface area contributed by atoms with E-state index in [0.717, 1.165) is 0 Å². The van der Waals surface area contributed by atoms with Crippen molar-refractivity contribution >= 4 is 34.2 Å². The van der Waals surface area contributed by atoms with E-state index in [1.165, 1.54) is 11.3 Å². The number of hydrogen-bond acceptors (Lipinski definition) is 5. The summed E-state index contributed by atoms with van der Waals surface area (Å²) in [4.78, 5) is 20.1. The van der Waals surface area contributed by atoms with Gasteiger partial charge in [-0.15, -0.1) is 11.3 Å².